The van der Waals surface area contributed by atoms with Crippen molar-refractivity contribution in [3.63, 3.8) is 0 Å². The quantitative estimate of drug-likeness (QED) is 0.592. The van der Waals surface area contributed by atoms with Crippen LogP contribution in [0, 0.1) is 12.3 Å². The molecule has 6 nitrogen and oxygen atoms in total. The molecule has 1 unspecified atom stereocenters. The van der Waals surface area contributed by atoms with Gasteiger partial charge in [0.25, 0.3) is 0 Å². The highest BCUT2D eigenvalue weighted by Crippen LogP contribution is 2.12. The van der Waals surface area contributed by atoms with Crippen LogP contribution in [0.3, 0.4) is 0 Å². The lowest BCUT2D eigenvalue weighted by Gasteiger charge is -2.12. The number of hydrogen-bond donors (Lipinski definition) is 2. The summed E-state index contributed by atoms with van der Waals surface area (Å²) < 4.78 is 26.0. The molecule has 0 spiro atoms. The smallest absolute Gasteiger partial charge is 0.322 e. The average Bonchev–Trinajstić information content (AvgIpc) is 2.38. The first kappa shape index (κ1) is 15.9. The number of carbonyl (C=O) groups is 2. The Morgan fingerprint density at radius 3 is 2.30 bits per heavy atom. The molecule has 1 aromatic carbocycles. The first-order valence-electron chi connectivity index (χ1n) is 5.57. The van der Waals surface area contributed by atoms with E-state index in [-0.39, 0.29) is 17.1 Å². The van der Waals surface area contributed by atoms with E-state index in [4.69, 9.17) is 11.5 Å². The maximum Gasteiger partial charge on any atom is 0.322 e. The van der Waals surface area contributed by atoms with Crippen molar-refractivity contribution in [2.24, 2.45) is 0 Å². The molecule has 106 valence electrons. The molecule has 0 bridgehead atoms. The molecular formula is C13H13NO5S. The Morgan fingerprint density at radius 1 is 1.35 bits per heavy atom. The number of carboxylic acids is 1. The van der Waals surface area contributed by atoms with Gasteiger partial charge in [-0.25, -0.2) is 8.42 Å². The van der Waals surface area contributed by atoms with E-state index in [0.29, 0.717) is 5.56 Å². The van der Waals surface area contributed by atoms with Crippen molar-refractivity contribution >= 4 is 21.8 Å². The molecular weight excluding hydrogens is 282 g/mol. The molecule has 1 aromatic rings. The van der Waals surface area contributed by atoms with Crippen molar-refractivity contribution < 1.29 is 23.1 Å². The first-order chi connectivity index (χ1) is 9.27. The minimum absolute atomic E-state index is 0.134. The van der Waals surface area contributed by atoms with Gasteiger partial charge in [0, 0.05) is 12.0 Å². The predicted molar refractivity (Wildman–Crippen MR) is 71.6 cm³/mol. The lowest BCUT2D eigenvalue weighted by Crippen LogP contribution is -2.40. The molecule has 0 aliphatic heterocycles. The summed E-state index contributed by atoms with van der Waals surface area (Å²) in [5.41, 5.74) is 0.363. The van der Waals surface area contributed by atoms with E-state index in [1.807, 2.05) is 4.72 Å². The van der Waals surface area contributed by atoms with Gasteiger partial charge in [-0.05, 0) is 19.1 Å². The van der Waals surface area contributed by atoms with Crippen LogP contribution in [0.4, 0.5) is 0 Å². The molecule has 0 aliphatic carbocycles. The number of Topliss-reactive ketones (excluding diaryl/α,β-unsaturated/α-hetero) is 1. The Kier molecular flexibility index (Phi) is 5.02. The molecule has 0 saturated heterocycles. The third kappa shape index (κ3) is 3.91. The summed E-state index contributed by atoms with van der Waals surface area (Å²) in [7, 11) is -4.01. The third-order valence-electron chi connectivity index (χ3n) is 2.49. The van der Waals surface area contributed by atoms with Crippen LogP contribution in [0.2, 0.25) is 0 Å². The van der Waals surface area contributed by atoms with Crippen molar-refractivity contribution in [1.82, 2.24) is 4.72 Å². The van der Waals surface area contributed by atoms with Crippen molar-refractivity contribution in [2.45, 2.75) is 24.3 Å². The fraction of sp³-hybridized carbons (Fsp3) is 0.231. The summed E-state index contributed by atoms with van der Waals surface area (Å²) in [5.74, 6) is 0.543. The largest absolute Gasteiger partial charge is 0.480 e. The molecule has 1 rings (SSSR count). The van der Waals surface area contributed by atoms with Crippen LogP contribution in [0.25, 0.3) is 0 Å². The summed E-state index contributed by atoms with van der Waals surface area (Å²) in [6.45, 7) is 1.36. The van der Waals surface area contributed by atoms with Crippen molar-refractivity contribution in [3.8, 4) is 12.3 Å². The second kappa shape index (κ2) is 6.32. The average molecular weight is 295 g/mol. The number of carbonyl (C=O) groups excluding carboxylic acids is 1. The SMILES string of the molecule is C#CCC(NS(=O)(=O)c1ccc(C(C)=O)cc1)C(=O)O. The van der Waals surface area contributed by atoms with Crippen LogP contribution in [0.1, 0.15) is 23.7 Å². The normalized spacial score (nSPS) is 12.4. The Bertz CT molecular complexity index is 655. The fourth-order valence-corrected chi connectivity index (χ4v) is 2.61. The minimum atomic E-state index is -4.01. The lowest BCUT2D eigenvalue weighted by atomic mass is 10.2. The number of rotatable bonds is 6. The molecule has 0 heterocycles. The predicted octanol–water partition coefficient (Wildman–Crippen LogP) is 0.644. The topological polar surface area (TPSA) is 101 Å². The monoisotopic (exact) mass is 295 g/mol. The summed E-state index contributed by atoms with van der Waals surface area (Å²) in [6.07, 6.45) is 4.73. The van der Waals surface area contributed by atoms with Gasteiger partial charge in [-0.2, -0.15) is 4.72 Å². The van der Waals surface area contributed by atoms with Gasteiger partial charge in [0.2, 0.25) is 10.0 Å². The van der Waals surface area contributed by atoms with Crippen LogP contribution in [-0.4, -0.2) is 31.3 Å². The van der Waals surface area contributed by atoms with E-state index in [1.165, 1.54) is 31.2 Å². The zero-order valence-corrected chi connectivity index (χ0v) is 11.5. The van der Waals surface area contributed by atoms with Crippen LogP contribution < -0.4 is 4.72 Å². The zero-order valence-electron chi connectivity index (χ0n) is 10.7. The van der Waals surface area contributed by atoms with Gasteiger partial charge in [0.1, 0.15) is 6.04 Å². The number of sulfonamides is 1. The molecule has 0 fully saturated rings. The van der Waals surface area contributed by atoms with Gasteiger partial charge in [0.05, 0.1) is 4.90 Å². The van der Waals surface area contributed by atoms with Crippen LogP contribution >= 0.6 is 0 Å². The lowest BCUT2D eigenvalue weighted by molar-refractivity contribution is -0.138. The Balaban J connectivity index is 3.01. The third-order valence-corrected chi connectivity index (χ3v) is 3.98. The van der Waals surface area contributed by atoms with Gasteiger partial charge in [-0.3, -0.25) is 9.59 Å². The van der Waals surface area contributed by atoms with Crippen LogP contribution in [-0.2, 0) is 14.8 Å². The van der Waals surface area contributed by atoms with Gasteiger partial charge in [0.15, 0.2) is 5.78 Å². The second-order valence-electron chi connectivity index (χ2n) is 4.00. The standard InChI is InChI=1S/C13H13NO5S/c1-3-4-12(13(16)17)14-20(18,19)11-7-5-10(6-8-11)9(2)15/h1,5-8,12,14H,4H2,2H3,(H,16,17). The highest BCUT2D eigenvalue weighted by atomic mass is 32.2. The number of benzene rings is 1. The van der Waals surface area contributed by atoms with Crippen LogP contribution in [0.15, 0.2) is 29.2 Å². The molecule has 20 heavy (non-hydrogen) atoms. The summed E-state index contributed by atoms with van der Waals surface area (Å²) >= 11 is 0. The van der Waals surface area contributed by atoms with Crippen molar-refractivity contribution in [1.29, 1.82) is 0 Å². The van der Waals surface area contributed by atoms with Gasteiger partial charge in [-0.1, -0.05) is 12.1 Å². The molecule has 1 atom stereocenters. The number of terminal acetylenes is 1. The van der Waals surface area contributed by atoms with Gasteiger partial charge >= 0.3 is 5.97 Å². The molecule has 0 aromatic heterocycles. The second-order valence-corrected chi connectivity index (χ2v) is 5.71. The van der Waals surface area contributed by atoms with E-state index in [0.717, 1.165) is 0 Å². The first-order valence-corrected chi connectivity index (χ1v) is 7.06. The molecule has 2 N–H and O–H groups in total. The number of aliphatic carboxylic acids is 1. The summed E-state index contributed by atoms with van der Waals surface area (Å²) in [6, 6.07) is 3.78. The minimum Gasteiger partial charge on any atom is -0.480 e. The summed E-state index contributed by atoms with van der Waals surface area (Å²) in [5, 5.41) is 8.86. The maximum atomic E-state index is 12.0. The Labute approximate surface area is 116 Å². The fourth-order valence-electron chi connectivity index (χ4n) is 1.42. The number of nitrogens with one attached hydrogen (secondary N) is 1. The van der Waals surface area contributed by atoms with E-state index in [1.54, 1.807) is 0 Å². The van der Waals surface area contributed by atoms with Crippen molar-refractivity contribution in [2.75, 3.05) is 0 Å². The van der Waals surface area contributed by atoms with E-state index in [9.17, 15) is 18.0 Å². The Hall–Kier alpha value is -2.17. The molecule has 0 amide bonds. The van der Waals surface area contributed by atoms with E-state index >= 15 is 0 Å². The number of hydrogen-bond acceptors (Lipinski definition) is 4. The van der Waals surface area contributed by atoms with E-state index in [2.05, 4.69) is 5.92 Å². The summed E-state index contributed by atoms with van der Waals surface area (Å²) in [4.78, 5) is 21.8. The highest BCUT2D eigenvalue weighted by Gasteiger charge is 2.24. The highest BCUT2D eigenvalue weighted by molar-refractivity contribution is 7.89. The zero-order chi connectivity index (χ0) is 15.3. The molecule has 7 heteroatoms. The number of carboxylic acid groups (broad SMARTS) is 1. The van der Waals surface area contributed by atoms with Crippen molar-refractivity contribution in [3.05, 3.63) is 29.8 Å². The van der Waals surface area contributed by atoms with Gasteiger partial charge in [-0.15, -0.1) is 12.3 Å². The van der Waals surface area contributed by atoms with Gasteiger partial charge < -0.3 is 5.11 Å². The molecule has 0 saturated carbocycles. The maximum absolute atomic E-state index is 12.0. The van der Waals surface area contributed by atoms with Crippen LogP contribution in [0.5, 0.6) is 0 Å². The Morgan fingerprint density at radius 2 is 1.90 bits per heavy atom. The number of ketones is 1. The molecule has 0 aliphatic rings. The molecule has 0 radical (unpaired) electrons. The van der Waals surface area contributed by atoms with E-state index < -0.39 is 22.0 Å².